The number of nitrogens with zero attached hydrogens (tertiary/aromatic N) is 2. The highest BCUT2D eigenvalue weighted by Crippen LogP contribution is 2.25. The first-order chi connectivity index (χ1) is 12.0. The van der Waals surface area contributed by atoms with E-state index in [1.807, 2.05) is 42.6 Å². The molecule has 1 aliphatic rings. The molecule has 0 radical (unpaired) electrons. The second-order valence-electron chi connectivity index (χ2n) is 6.56. The summed E-state index contributed by atoms with van der Waals surface area (Å²) < 4.78 is 1.90. The van der Waals surface area contributed by atoms with E-state index in [1.165, 1.54) is 0 Å². The van der Waals surface area contributed by atoms with E-state index in [2.05, 4.69) is 10.3 Å². The maximum Gasteiger partial charge on any atom is 0.259 e. The van der Waals surface area contributed by atoms with Gasteiger partial charge >= 0.3 is 0 Å². The Labute approximate surface area is 145 Å². The van der Waals surface area contributed by atoms with Crippen LogP contribution in [0.25, 0.3) is 5.65 Å². The summed E-state index contributed by atoms with van der Waals surface area (Å²) in [5.74, 6) is -0.0669. The Bertz CT molecular complexity index is 1020. The van der Waals surface area contributed by atoms with Crippen molar-refractivity contribution in [1.82, 2.24) is 9.38 Å². The molecule has 1 N–H and O–H groups in total. The smallest absolute Gasteiger partial charge is 0.259 e. The Morgan fingerprint density at radius 1 is 1.16 bits per heavy atom. The average molecular weight is 333 g/mol. The number of benzene rings is 1. The van der Waals surface area contributed by atoms with E-state index in [4.69, 9.17) is 0 Å². The second kappa shape index (κ2) is 5.84. The molecule has 5 heteroatoms. The Kier molecular flexibility index (Phi) is 3.64. The summed E-state index contributed by atoms with van der Waals surface area (Å²) in [5, 5.41) is 2.90. The molecular weight excluding hydrogens is 314 g/mol. The van der Waals surface area contributed by atoms with Gasteiger partial charge in [0.1, 0.15) is 5.65 Å². The van der Waals surface area contributed by atoms with Crippen LogP contribution in [0.2, 0.25) is 0 Å². The number of carbonyl (C=O) groups is 2. The minimum absolute atomic E-state index is 0.152. The Hall–Kier alpha value is -2.95. The SMILES string of the molecule is Cc1cc(C)n2ccc(C(=O)Nc3ccc4c(c3)C(=O)CCC4)c2n1. The number of aryl methyl sites for hydroxylation is 3. The summed E-state index contributed by atoms with van der Waals surface area (Å²) >= 11 is 0. The maximum absolute atomic E-state index is 12.7. The molecule has 5 nitrogen and oxygen atoms in total. The van der Waals surface area contributed by atoms with Crippen molar-refractivity contribution < 1.29 is 9.59 Å². The lowest BCUT2D eigenvalue weighted by atomic mass is 9.90. The van der Waals surface area contributed by atoms with Crippen molar-refractivity contribution in [2.45, 2.75) is 33.1 Å². The lowest BCUT2D eigenvalue weighted by Gasteiger charge is -2.15. The van der Waals surface area contributed by atoms with Crippen LogP contribution in [0.5, 0.6) is 0 Å². The molecular formula is C20H19N3O2. The lowest BCUT2D eigenvalue weighted by molar-refractivity contribution is 0.0970. The van der Waals surface area contributed by atoms with E-state index in [1.54, 1.807) is 12.1 Å². The molecule has 1 aromatic carbocycles. The van der Waals surface area contributed by atoms with Crippen molar-refractivity contribution in [1.29, 1.82) is 0 Å². The molecule has 0 spiro atoms. The van der Waals surface area contributed by atoms with E-state index in [-0.39, 0.29) is 11.7 Å². The summed E-state index contributed by atoms with van der Waals surface area (Å²) in [6.45, 7) is 3.90. The van der Waals surface area contributed by atoms with Gasteiger partial charge in [0, 0.05) is 35.3 Å². The Morgan fingerprint density at radius 3 is 2.84 bits per heavy atom. The number of rotatable bonds is 2. The van der Waals surface area contributed by atoms with E-state index in [0.29, 0.717) is 23.3 Å². The fraction of sp³-hybridized carbons (Fsp3) is 0.250. The van der Waals surface area contributed by atoms with Gasteiger partial charge in [0.2, 0.25) is 0 Å². The van der Waals surface area contributed by atoms with Crippen molar-refractivity contribution in [3.05, 3.63) is 64.6 Å². The molecule has 0 bridgehead atoms. The summed E-state index contributed by atoms with van der Waals surface area (Å²) in [5.41, 5.74) is 5.51. The predicted molar refractivity (Wildman–Crippen MR) is 96.3 cm³/mol. The lowest BCUT2D eigenvalue weighted by Crippen LogP contribution is -2.15. The fourth-order valence-electron chi connectivity index (χ4n) is 3.48. The molecule has 0 saturated carbocycles. The number of carbonyl (C=O) groups excluding carboxylic acids is 2. The molecule has 1 amide bonds. The quantitative estimate of drug-likeness (QED) is 0.777. The van der Waals surface area contributed by atoms with E-state index >= 15 is 0 Å². The van der Waals surface area contributed by atoms with Gasteiger partial charge in [-0.05, 0) is 56.5 Å². The molecule has 3 aromatic rings. The van der Waals surface area contributed by atoms with Crippen LogP contribution in [-0.4, -0.2) is 21.1 Å². The molecule has 2 aromatic heterocycles. The van der Waals surface area contributed by atoms with E-state index in [0.717, 1.165) is 35.4 Å². The number of Topliss-reactive ketones (excluding diaryl/α,β-unsaturated/α-hetero) is 1. The first-order valence-corrected chi connectivity index (χ1v) is 8.46. The minimum Gasteiger partial charge on any atom is -0.322 e. The Balaban J connectivity index is 1.67. The van der Waals surface area contributed by atoms with Crippen molar-refractivity contribution in [2.24, 2.45) is 0 Å². The van der Waals surface area contributed by atoms with Gasteiger partial charge in [-0.25, -0.2) is 4.98 Å². The highest BCUT2D eigenvalue weighted by atomic mass is 16.1. The number of ketones is 1. The number of aromatic nitrogens is 2. The van der Waals surface area contributed by atoms with Gasteiger partial charge in [-0.2, -0.15) is 0 Å². The number of nitrogens with one attached hydrogen (secondary N) is 1. The molecule has 4 rings (SSSR count). The van der Waals surface area contributed by atoms with Gasteiger partial charge in [0.05, 0.1) is 5.56 Å². The summed E-state index contributed by atoms with van der Waals surface area (Å²) in [6.07, 6.45) is 4.25. The van der Waals surface area contributed by atoms with E-state index < -0.39 is 0 Å². The van der Waals surface area contributed by atoms with Gasteiger partial charge in [0.25, 0.3) is 5.91 Å². The van der Waals surface area contributed by atoms with Crippen LogP contribution in [-0.2, 0) is 6.42 Å². The van der Waals surface area contributed by atoms with Gasteiger partial charge in [0.15, 0.2) is 5.78 Å². The predicted octanol–water partition coefficient (Wildman–Crippen LogP) is 3.72. The third-order valence-corrected chi connectivity index (χ3v) is 4.70. The highest BCUT2D eigenvalue weighted by Gasteiger charge is 2.19. The largest absolute Gasteiger partial charge is 0.322 e. The van der Waals surface area contributed by atoms with Crippen molar-refractivity contribution in [2.75, 3.05) is 5.32 Å². The molecule has 126 valence electrons. The third-order valence-electron chi connectivity index (χ3n) is 4.70. The molecule has 0 fully saturated rings. The minimum atomic E-state index is -0.219. The number of hydrogen-bond donors (Lipinski definition) is 1. The monoisotopic (exact) mass is 333 g/mol. The topological polar surface area (TPSA) is 63.5 Å². The molecule has 2 heterocycles. The highest BCUT2D eigenvalue weighted by molar-refractivity contribution is 6.09. The van der Waals surface area contributed by atoms with Crippen molar-refractivity contribution in [3.63, 3.8) is 0 Å². The maximum atomic E-state index is 12.7. The first kappa shape index (κ1) is 15.6. The first-order valence-electron chi connectivity index (χ1n) is 8.46. The zero-order valence-corrected chi connectivity index (χ0v) is 14.3. The molecule has 0 unspecified atom stereocenters. The summed E-state index contributed by atoms with van der Waals surface area (Å²) in [7, 11) is 0. The van der Waals surface area contributed by atoms with Gasteiger partial charge in [-0.1, -0.05) is 6.07 Å². The molecule has 25 heavy (non-hydrogen) atoms. The van der Waals surface area contributed by atoms with Crippen LogP contribution < -0.4 is 5.32 Å². The van der Waals surface area contributed by atoms with Crippen molar-refractivity contribution in [3.8, 4) is 0 Å². The summed E-state index contributed by atoms with van der Waals surface area (Å²) in [6, 6.07) is 9.33. The number of hydrogen-bond acceptors (Lipinski definition) is 3. The molecule has 0 atom stereocenters. The van der Waals surface area contributed by atoms with Gasteiger partial charge < -0.3 is 9.72 Å². The van der Waals surface area contributed by atoms with Crippen LogP contribution >= 0.6 is 0 Å². The van der Waals surface area contributed by atoms with Crippen LogP contribution in [0, 0.1) is 13.8 Å². The summed E-state index contributed by atoms with van der Waals surface area (Å²) in [4.78, 5) is 29.3. The van der Waals surface area contributed by atoms with Crippen LogP contribution in [0.4, 0.5) is 5.69 Å². The zero-order valence-electron chi connectivity index (χ0n) is 14.3. The molecule has 0 aliphatic heterocycles. The molecule has 0 saturated heterocycles. The van der Waals surface area contributed by atoms with Gasteiger partial charge in [-0.3, -0.25) is 9.59 Å². The second-order valence-corrected chi connectivity index (χ2v) is 6.56. The van der Waals surface area contributed by atoms with Crippen LogP contribution in [0.1, 0.15) is 50.5 Å². The Morgan fingerprint density at radius 2 is 2.00 bits per heavy atom. The van der Waals surface area contributed by atoms with E-state index in [9.17, 15) is 9.59 Å². The van der Waals surface area contributed by atoms with Crippen LogP contribution in [0.15, 0.2) is 36.5 Å². The normalized spacial score (nSPS) is 13.8. The standard InChI is InChI=1S/C20H19N3O2/c1-12-10-13(2)23-9-8-16(19(23)21-12)20(25)22-15-7-6-14-4-3-5-18(24)17(14)11-15/h6-11H,3-5H2,1-2H3,(H,22,25). The van der Waals surface area contributed by atoms with Crippen LogP contribution in [0.3, 0.4) is 0 Å². The number of anilines is 1. The molecule has 1 aliphatic carbocycles. The number of amides is 1. The van der Waals surface area contributed by atoms with Crippen molar-refractivity contribution >= 4 is 23.0 Å². The number of fused-ring (bicyclic) bond motifs is 2. The fourth-order valence-corrected chi connectivity index (χ4v) is 3.48. The average Bonchev–Trinajstić information content (AvgIpc) is 3.00. The van der Waals surface area contributed by atoms with Gasteiger partial charge in [-0.15, -0.1) is 0 Å². The zero-order chi connectivity index (χ0) is 17.6. The third kappa shape index (κ3) is 2.71.